The summed E-state index contributed by atoms with van der Waals surface area (Å²) in [5, 5.41) is -0.286. The molecule has 1 aromatic carbocycles. The zero-order chi connectivity index (χ0) is 13.4. The molecule has 0 fully saturated rings. The molecule has 0 atom stereocenters. The van der Waals surface area contributed by atoms with Crippen molar-refractivity contribution in [2.24, 2.45) is 0 Å². The van der Waals surface area contributed by atoms with E-state index in [9.17, 15) is 22.0 Å². The predicted octanol–water partition coefficient (Wildman–Crippen LogP) is 4.31. The lowest BCUT2D eigenvalue weighted by Gasteiger charge is -2.22. The number of halogens is 6. The molecule has 0 saturated carbocycles. The van der Waals surface area contributed by atoms with Crippen molar-refractivity contribution in [1.29, 1.82) is 0 Å². The third-order valence-electron chi connectivity index (χ3n) is 2.09. The molecule has 0 aromatic heterocycles. The number of methoxy groups -OCH3 is 1. The van der Waals surface area contributed by atoms with E-state index in [0.29, 0.717) is 6.07 Å². The van der Waals surface area contributed by atoms with Crippen molar-refractivity contribution in [2.45, 2.75) is 19.0 Å². The van der Waals surface area contributed by atoms with E-state index in [1.54, 1.807) is 0 Å². The molecular weight excluding hydrogens is 267 g/mol. The molecule has 0 amide bonds. The molecule has 7 heteroatoms. The Hall–Kier alpha value is -1.04. The van der Waals surface area contributed by atoms with Crippen molar-refractivity contribution in [3.05, 3.63) is 28.3 Å². The highest BCUT2D eigenvalue weighted by Gasteiger charge is 2.60. The molecule has 0 unspecified atom stereocenters. The van der Waals surface area contributed by atoms with Crippen LogP contribution in [0.2, 0.25) is 5.02 Å². The first kappa shape index (κ1) is 14.0. The smallest absolute Gasteiger partial charge is 0.458 e. The first-order valence-electron chi connectivity index (χ1n) is 4.40. The molecule has 0 N–H and O–H groups in total. The molecule has 17 heavy (non-hydrogen) atoms. The molecule has 1 rings (SSSR count). The maximum Gasteiger partial charge on any atom is 0.458 e. The van der Waals surface area contributed by atoms with Gasteiger partial charge in [-0.1, -0.05) is 11.6 Å². The Kier molecular flexibility index (Phi) is 3.57. The van der Waals surface area contributed by atoms with Gasteiger partial charge in [-0.2, -0.15) is 22.0 Å². The second kappa shape index (κ2) is 4.33. The third kappa shape index (κ3) is 2.46. The van der Waals surface area contributed by atoms with E-state index in [4.69, 9.17) is 11.6 Å². The zero-order valence-electron chi connectivity index (χ0n) is 8.83. The van der Waals surface area contributed by atoms with Gasteiger partial charge in [0.1, 0.15) is 5.75 Å². The standard InChI is InChI=1S/C10H8ClF5O/c1-5-3-6(8(17-2)7(11)4-5)9(12,13)10(14,15)16/h3-4H,1-2H3. The van der Waals surface area contributed by atoms with Crippen molar-refractivity contribution < 1.29 is 26.7 Å². The largest absolute Gasteiger partial charge is 0.495 e. The molecule has 1 nitrogen and oxygen atoms in total. The van der Waals surface area contributed by atoms with Gasteiger partial charge in [-0.15, -0.1) is 0 Å². The maximum absolute atomic E-state index is 13.2. The van der Waals surface area contributed by atoms with Crippen LogP contribution in [-0.2, 0) is 5.92 Å². The second-order valence-electron chi connectivity index (χ2n) is 3.40. The van der Waals surface area contributed by atoms with E-state index in [2.05, 4.69) is 4.74 Å². The van der Waals surface area contributed by atoms with Crippen LogP contribution in [0.15, 0.2) is 12.1 Å². The van der Waals surface area contributed by atoms with E-state index in [0.717, 1.165) is 7.11 Å². The van der Waals surface area contributed by atoms with Gasteiger partial charge in [0, 0.05) is 0 Å². The van der Waals surface area contributed by atoms with Crippen LogP contribution >= 0.6 is 11.6 Å². The molecule has 0 radical (unpaired) electrons. The highest BCUT2D eigenvalue weighted by molar-refractivity contribution is 6.32. The topological polar surface area (TPSA) is 9.23 Å². The second-order valence-corrected chi connectivity index (χ2v) is 3.81. The summed E-state index contributed by atoms with van der Waals surface area (Å²) in [6.45, 7) is 1.36. The number of benzene rings is 1. The summed E-state index contributed by atoms with van der Waals surface area (Å²) in [5.74, 6) is -5.67. The fraction of sp³-hybridized carbons (Fsp3) is 0.400. The lowest BCUT2D eigenvalue weighted by molar-refractivity contribution is -0.289. The SMILES string of the molecule is COc1c(Cl)cc(C)cc1C(F)(F)C(F)(F)F. The minimum absolute atomic E-state index is 0.190. The Morgan fingerprint density at radius 2 is 1.65 bits per heavy atom. The van der Waals surface area contributed by atoms with Crippen molar-refractivity contribution >= 4 is 11.6 Å². The maximum atomic E-state index is 13.2. The van der Waals surface area contributed by atoms with Crippen LogP contribution in [0.4, 0.5) is 22.0 Å². The highest BCUT2D eigenvalue weighted by Crippen LogP contribution is 2.49. The van der Waals surface area contributed by atoms with E-state index >= 15 is 0 Å². The van der Waals surface area contributed by atoms with E-state index in [1.807, 2.05) is 0 Å². The summed E-state index contributed by atoms with van der Waals surface area (Å²) in [6.07, 6.45) is -5.70. The average Bonchev–Trinajstić information content (AvgIpc) is 2.14. The van der Waals surface area contributed by atoms with Gasteiger partial charge >= 0.3 is 12.1 Å². The molecule has 0 bridgehead atoms. The summed E-state index contributed by atoms with van der Waals surface area (Å²) in [7, 11) is 0.979. The van der Waals surface area contributed by atoms with Gasteiger partial charge < -0.3 is 4.74 Å². The minimum Gasteiger partial charge on any atom is -0.495 e. The van der Waals surface area contributed by atoms with Crippen molar-refractivity contribution in [1.82, 2.24) is 0 Å². The van der Waals surface area contributed by atoms with E-state index in [1.165, 1.54) is 13.0 Å². The molecule has 96 valence electrons. The van der Waals surface area contributed by atoms with Crippen LogP contribution in [0.25, 0.3) is 0 Å². The average molecular weight is 275 g/mol. The Balaban J connectivity index is 3.50. The Morgan fingerprint density at radius 1 is 1.12 bits per heavy atom. The number of hydrogen-bond acceptors (Lipinski definition) is 1. The highest BCUT2D eigenvalue weighted by atomic mass is 35.5. The van der Waals surface area contributed by atoms with Crippen molar-refractivity contribution in [2.75, 3.05) is 7.11 Å². The monoisotopic (exact) mass is 274 g/mol. The molecule has 0 aliphatic carbocycles. The fourth-order valence-corrected chi connectivity index (χ4v) is 1.67. The van der Waals surface area contributed by atoms with Crippen LogP contribution in [-0.4, -0.2) is 13.3 Å². The van der Waals surface area contributed by atoms with Gasteiger partial charge in [0.25, 0.3) is 0 Å². The first-order valence-corrected chi connectivity index (χ1v) is 4.78. The van der Waals surface area contributed by atoms with Gasteiger partial charge in [-0.25, -0.2) is 0 Å². The molecule has 0 spiro atoms. The molecular formula is C10H8ClF5O. The van der Waals surface area contributed by atoms with Crippen LogP contribution in [0.1, 0.15) is 11.1 Å². The Bertz CT molecular complexity index is 427. The van der Waals surface area contributed by atoms with Gasteiger partial charge in [0.05, 0.1) is 17.7 Å². The minimum atomic E-state index is -5.70. The Morgan fingerprint density at radius 3 is 2.06 bits per heavy atom. The summed E-state index contributed by atoms with van der Waals surface area (Å²) in [6, 6.07) is 1.95. The van der Waals surface area contributed by atoms with Crippen LogP contribution < -0.4 is 4.74 Å². The van der Waals surface area contributed by atoms with Crippen LogP contribution in [0.3, 0.4) is 0 Å². The molecule has 0 aliphatic heterocycles. The summed E-state index contributed by atoms with van der Waals surface area (Å²) in [5.41, 5.74) is -1.09. The number of hydrogen-bond donors (Lipinski definition) is 0. The van der Waals surface area contributed by atoms with Crippen molar-refractivity contribution in [3.8, 4) is 5.75 Å². The van der Waals surface area contributed by atoms with E-state index in [-0.39, 0.29) is 10.6 Å². The summed E-state index contributed by atoms with van der Waals surface area (Å²) >= 11 is 5.57. The number of rotatable bonds is 2. The lowest BCUT2D eigenvalue weighted by atomic mass is 10.0. The number of ether oxygens (including phenoxy) is 1. The van der Waals surface area contributed by atoms with Gasteiger partial charge in [0.15, 0.2) is 0 Å². The number of alkyl halides is 5. The zero-order valence-corrected chi connectivity index (χ0v) is 9.59. The summed E-state index contributed by atoms with van der Waals surface area (Å²) in [4.78, 5) is 0. The molecule has 0 heterocycles. The van der Waals surface area contributed by atoms with Gasteiger partial charge in [0.2, 0.25) is 0 Å². The van der Waals surface area contributed by atoms with Gasteiger partial charge in [-0.05, 0) is 24.6 Å². The first-order chi connectivity index (χ1) is 7.61. The van der Waals surface area contributed by atoms with Crippen molar-refractivity contribution in [3.63, 3.8) is 0 Å². The van der Waals surface area contributed by atoms with Crippen LogP contribution in [0.5, 0.6) is 5.75 Å². The predicted molar refractivity (Wildman–Crippen MR) is 52.7 cm³/mol. The quantitative estimate of drug-likeness (QED) is 0.730. The van der Waals surface area contributed by atoms with Gasteiger partial charge in [-0.3, -0.25) is 0 Å². The molecule has 0 aliphatic rings. The summed E-state index contributed by atoms with van der Waals surface area (Å²) < 4.78 is 67.7. The molecule has 0 saturated heterocycles. The van der Waals surface area contributed by atoms with E-state index < -0.39 is 23.4 Å². The fourth-order valence-electron chi connectivity index (χ4n) is 1.32. The van der Waals surface area contributed by atoms with Crippen LogP contribution in [0, 0.1) is 6.92 Å². The lowest BCUT2D eigenvalue weighted by Crippen LogP contribution is -2.34. The Labute approximate surface area is 99.1 Å². The number of aryl methyl sites for hydroxylation is 1. The molecule has 1 aromatic rings. The normalized spacial score (nSPS) is 12.7. The third-order valence-corrected chi connectivity index (χ3v) is 2.37.